The first-order valence-electron chi connectivity index (χ1n) is 12.5. The van der Waals surface area contributed by atoms with E-state index in [-0.39, 0.29) is 25.0 Å². The van der Waals surface area contributed by atoms with E-state index in [9.17, 15) is 14.4 Å². The van der Waals surface area contributed by atoms with Gasteiger partial charge in [-0.25, -0.2) is 9.48 Å². The molecule has 2 amide bonds. The second-order valence-electron chi connectivity index (χ2n) is 9.41. The van der Waals surface area contributed by atoms with Crippen molar-refractivity contribution in [2.24, 2.45) is 0 Å². The number of anilines is 1. The molecule has 38 heavy (non-hydrogen) atoms. The van der Waals surface area contributed by atoms with Gasteiger partial charge in [-0.05, 0) is 75.0 Å². The third kappa shape index (κ3) is 5.91. The van der Waals surface area contributed by atoms with Gasteiger partial charge in [0.05, 0.1) is 17.7 Å². The first kappa shape index (κ1) is 27.0. The fraction of sp³-hybridized carbons (Fsp3) is 0.321. The Bertz CT molecular complexity index is 1410. The van der Waals surface area contributed by atoms with Crippen LogP contribution in [0.4, 0.5) is 5.69 Å². The summed E-state index contributed by atoms with van der Waals surface area (Å²) in [5, 5.41) is 13.3. The minimum Gasteiger partial charge on any atom is -0.462 e. The largest absolute Gasteiger partial charge is 0.462 e. The quantitative estimate of drug-likeness (QED) is 0.295. The number of nitrogens with one attached hydrogen (secondary N) is 1. The number of carbonyl (C=O) groups excluding carboxylic acids is 3. The predicted molar refractivity (Wildman–Crippen MR) is 147 cm³/mol. The summed E-state index contributed by atoms with van der Waals surface area (Å²) in [5.74, 6) is -1.11. The number of thiophene rings is 1. The molecule has 0 saturated carbocycles. The van der Waals surface area contributed by atoms with Gasteiger partial charge in [0.25, 0.3) is 0 Å². The van der Waals surface area contributed by atoms with E-state index >= 15 is 0 Å². The van der Waals surface area contributed by atoms with Gasteiger partial charge in [-0.1, -0.05) is 30.3 Å². The fourth-order valence-corrected chi connectivity index (χ4v) is 4.77. The number of hydrogen-bond acceptors (Lipinski definition) is 7. The van der Waals surface area contributed by atoms with Crippen LogP contribution in [0.1, 0.15) is 55.4 Å². The molecule has 10 heteroatoms. The molecule has 0 spiro atoms. The average Bonchev–Trinajstić information content (AvgIpc) is 3.58. The van der Waals surface area contributed by atoms with E-state index in [1.807, 2.05) is 62.5 Å². The van der Waals surface area contributed by atoms with E-state index in [1.54, 1.807) is 31.2 Å². The highest BCUT2D eigenvalue weighted by Gasteiger charge is 2.36. The highest BCUT2D eigenvalue weighted by molar-refractivity contribution is 7.10. The van der Waals surface area contributed by atoms with Gasteiger partial charge in [-0.2, -0.15) is 0 Å². The Balaban J connectivity index is 1.77. The van der Waals surface area contributed by atoms with Crippen molar-refractivity contribution in [3.63, 3.8) is 0 Å². The summed E-state index contributed by atoms with van der Waals surface area (Å²) >= 11 is 1.39. The van der Waals surface area contributed by atoms with Gasteiger partial charge in [0.1, 0.15) is 18.1 Å². The van der Waals surface area contributed by atoms with Gasteiger partial charge in [-0.3, -0.25) is 14.5 Å². The third-order valence-electron chi connectivity index (χ3n) is 6.30. The number of nitrogens with zero attached hydrogens (tertiary/aromatic N) is 4. The third-order valence-corrected chi connectivity index (χ3v) is 7.22. The summed E-state index contributed by atoms with van der Waals surface area (Å²) < 4.78 is 6.62. The van der Waals surface area contributed by atoms with Gasteiger partial charge in [0, 0.05) is 16.1 Å². The Labute approximate surface area is 225 Å². The Morgan fingerprint density at radius 2 is 1.79 bits per heavy atom. The van der Waals surface area contributed by atoms with Crippen molar-refractivity contribution in [1.82, 2.24) is 20.3 Å². The van der Waals surface area contributed by atoms with Gasteiger partial charge in [-0.15, -0.1) is 16.4 Å². The lowest BCUT2D eigenvalue weighted by molar-refractivity contribution is -0.128. The SMILES string of the molecule is CCOC(=O)c1ccc(N(C(=O)Cn2nnc3ccccc32)[C@@H](C(=O)NC(C)(C)CC)c2cccs2)cc1. The van der Waals surface area contributed by atoms with E-state index < -0.39 is 17.6 Å². The standard InChI is InChI=1S/C28H31N5O4S/c1-5-28(3,4)29-26(35)25(23-12-9-17-38-23)33(20-15-13-19(14-16-20)27(36)37-6-2)24(34)18-32-22-11-8-7-10-21(22)30-31-32/h7-17,25H,5-6,18H2,1-4H3,(H,29,35)/t25-/m1/s1. The number of benzene rings is 2. The van der Waals surface area contributed by atoms with Gasteiger partial charge >= 0.3 is 5.97 Å². The van der Waals surface area contributed by atoms with Crippen LogP contribution < -0.4 is 10.2 Å². The summed E-state index contributed by atoms with van der Waals surface area (Å²) in [4.78, 5) is 42.2. The maximum absolute atomic E-state index is 14.0. The van der Waals surface area contributed by atoms with Crippen molar-refractivity contribution in [2.75, 3.05) is 11.5 Å². The molecular formula is C28H31N5O4S. The van der Waals surface area contributed by atoms with Crippen LogP contribution in [0.25, 0.3) is 11.0 Å². The molecule has 2 heterocycles. The number of esters is 1. The highest BCUT2D eigenvalue weighted by atomic mass is 32.1. The van der Waals surface area contributed by atoms with Crippen molar-refractivity contribution < 1.29 is 19.1 Å². The molecule has 198 valence electrons. The molecule has 0 fully saturated rings. The Morgan fingerprint density at radius 1 is 1.05 bits per heavy atom. The lowest BCUT2D eigenvalue weighted by atomic mass is 10.0. The maximum atomic E-state index is 14.0. The highest BCUT2D eigenvalue weighted by Crippen LogP contribution is 2.32. The van der Waals surface area contributed by atoms with E-state index in [2.05, 4.69) is 15.6 Å². The zero-order chi connectivity index (χ0) is 27.3. The Kier molecular flexibility index (Phi) is 8.21. The molecule has 0 bridgehead atoms. The van der Waals surface area contributed by atoms with Crippen molar-refractivity contribution in [2.45, 2.75) is 52.2 Å². The molecule has 0 aliphatic heterocycles. The molecule has 1 atom stereocenters. The molecule has 0 aliphatic rings. The second kappa shape index (κ2) is 11.6. The molecule has 0 unspecified atom stereocenters. The summed E-state index contributed by atoms with van der Waals surface area (Å²) in [6, 6.07) is 16.6. The molecule has 4 aromatic rings. The van der Waals surface area contributed by atoms with E-state index in [0.29, 0.717) is 33.6 Å². The molecule has 4 rings (SSSR count). The Morgan fingerprint density at radius 3 is 2.45 bits per heavy atom. The fourth-order valence-electron chi connectivity index (χ4n) is 3.96. The molecule has 0 saturated heterocycles. The van der Waals surface area contributed by atoms with Gasteiger partial charge < -0.3 is 10.1 Å². The van der Waals surface area contributed by atoms with E-state index in [1.165, 1.54) is 20.9 Å². The molecular weight excluding hydrogens is 502 g/mol. The van der Waals surface area contributed by atoms with Crippen molar-refractivity contribution in [1.29, 1.82) is 0 Å². The monoisotopic (exact) mass is 533 g/mol. The molecule has 0 aliphatic carbocycles. The van der Waals surface area contributed by atoms with Crippen molar-refractivity contribution >= 4 is 45.8 Å². The minimum absolute atomic E-state index is 0.132. The van der Waals surface area contributed by atoms with Crippen molar-refractivity contribution in [3.8, 4) is 0 Å². The maximum Gasteiger partial charge on any atom is 0.338 e. The first-order valence-corrected chi connectivity index (χ1v) is 13.3. The van der Waals surface area contributed by atoms with Crippen LogP contribution in [0.2, 0.25) is 0 Å². The van der Waals surface area contributed by atoms with Crippen LogP contribution >= 0.6 is 11.3 Å². The normalized spacial score (nSPS) is 12.2. The molecule has 0 radical (unpaired) electrons. The minimum atomic E-state index is -0.934. The zero-order valence-electron chi connectivity index (χ0n) is 21.9. The van der Waals surface area contributed by atoms with Crippen molar-refractivity contribution in [3.05, 3.63) is 76.5 Å². The number of hydrogen-bond donors (Lipinski definition) is 1. The van der Waals surface area contributed by atoms with Gasteiger partial charge in [0.2, 0.25) is 11.8 Å². The summed E-state index contributed by atoms with van der Waals surface area (Å²) in [6.45, 7) is 7.74. The zero-order valence-corrected chi connectivity index (χ0v) is 22.7. The van der Waals surface area contributed by atoms with Crippen LogP contribution in [0, 0.1) is 0 Å². The van der Waals surface area contributed by atoms with E-state index in [0.717, 1.165) is 0 Å². The van der Waals surface area contributed by atoms with Gasteiger partial charge in [0.15, 0.2) is 0 Å². The second-order valence-corrected chi connectivity index (χ2v) is 10.4. The topological polar surface area (TPSA) is 106 Å². The predicted octanol–water partition coefficient (Wildman–Crippen LogP) is 4.75. The molecule has 9 nitrogen and oxygen atoms in total. The summed E-state index contributed by atoms with van der Waals surface area (Å²) in [6.07, 6.45) is 0.711. The van der Waals surface area contributed by atoms with Crippen LogP contribution in [0.15, 0.2) is 66.0 Å². The van der Waals surface area contributed by atoms with Crippen LogP contribution in [-0.2, 0) is 20.9 Å². The van der Waals surface area contributed by atoms with Crippen LogP contribution in [0.3, 0.4) is 0 Å². The Hall–Kier alpha value is -4.05. The number of fused-ring (bicyclic) bond motifs is 1. The van der Waals surface area contributed by atoms with E-state index in [4.69, 9.17) is 4.74 Å². The molecule has 2 aromatic carbocycles. The molecule has 2 aromatic heterocycles. The average molecular weight is 534 g/mol. The number of ether oxygens (including phenoxy) is 1. The lowest BCUT2D eigenvalue weighted by Crippen LogP contribution is -2.50. The number of carbonyl (C=O) groups is 3. The number of amides is 2. The number of rotatable bonds is 10. The van der Waals surface area contributed by atoms with Crippen LogP contribution in [0.5, 0.6) is 0 Å². The smallest absolute Gasteiger partial charge is 0.338 e. The first-order chi connectivity index (χ1) is 18.2. The lowest BCUT2D eigenvalue weighted by Gasteiger charge is -2.34. The number of aromatic nitrogens is 3. The number of para-hydroxylation sites is 1. The summed E-state index contributed by atoms with van der Waals surface area (Å²) in [7, 11) is 0. The molecule has 1 N–H and O–H groups in total. The summed E-state index contributed by atoms with van der Waals surface area (Å²) in [5.41, 5.74) is 1.73. The van der Waals surface area contributed by atoms with Crippen LogP contribution in [-0.4, -0.2) is 44.9 Å².